The summed E-state index contributed by atoms with van der Waals surface area (Å²) in [6.07, 6.45) is 12.7. The molecule has 0 aromatic rings. The van der Waals surface area contributed by atoms with Gasteiger partial charge in [-0.05, 0) is 32.6 Å². The average molecular weight is 164 g/mol. The van der Waals surface area contributed by atoms with Gasteiger partial charge in [0, 0.05) is 0 Å². The lowest BCUT2D eigenvalue weighted by Crippen LogP contribution is -1.91. The number of unbranched alkanes of at least 4 members (excludes halogenated alkanes) is 2. The van der Waals surface area contributed by atoms with Crippen LogP contribution in [0.2, 0.25) is 0 Å². The molecule has 68 valence electrons. The van der Waals surface area contributed by atoms with Crippen LogP contribution in [0.25, 0.3) is 0 Å². The van der Waals surface area contributed by atoms with Crippen LogP contribution >= 0.6 is 0 Å². The van der Waals surface area contributed by atoms with Crippen LogP contribution in [0.5, 0.6) is 0 Å². The first-order chi connectivity index (χ1) is 5.83. The highest BCUT2D eigenvalue weighted by Crippen LogP contribution is 2.21. The molecule has 0 radical (unpaired) electrons. The maximum absolute atomic E-state index is 2.33. The maximum atomic E-state index is 2.33. The van der Waals surface area contributed by atoms with Crippen LogP contribution in [-0.2, 0) is 0 Å². The van der Waals surface area contributed by atoms with Crippen molar-refractivity contribution in [1.82, 2.24) is 0 Å². The Morgan fingerprint density at radius 1 is 1.17 bits per heavy atom. The molecular formula is C12H20. The lowest BCUT2D eigenvalue weighted by molar-refractivity contribution is 0.690. The van der Waals surface area contributed by atoms with Gasteiger partial charge in [0.15, 0.2) is 0 Å². The smallest absolute Gasteiger partial charge is 0.0280 e. The lowest BCUT2D eigenvalue weighted by Gasteiger charge is -2.11. The van der Waals surface area contributed by atoms with Crippen molar-refractivity contribution in [2.75, 3.05) is 0 Å². The fraction of sp³-hybridized carbons (Fsp3) is 0.667. The summed E-state index contributed by atoms with van der Waals surface area (Å²) in [6, 6.07) is 0. The van der Waals surface area contributed by atoms with E-state index in [1.54, 1.807) is 5.57 Å². The molecule has 0 atom stereocenters. The molecule has 0 bridgehead atoms. The van der Waals surface area contributed by atoms with Gasteiger partial charge in [0.2, 0.25) is 0 Å². The van der Waals surface area contributed by atoms with Crippen molar-refractivity contribution >= 4 is 0 Å². The molecule has 0 nitrogen and oxygen atoms in total. The van der Waals surface area contributed by atoms with E-state index in [0.29, 0.717) is 0 Å². The highest BCUT2D eigenvalue weighted by Gasteiger charge is 2.02. The van der Waals surface area contributed by atoms with Crippen molar-refractivity contribution in [2.24, 2.45) is 0 Å². The minimum atomic E-state index is 1.29. The summed E-state index contributed by atoms with van der Waals surface area (Å²) in [7, 11) is 0. The Bertz CT molecular complexity index is 184. The Balaban J connectivity index is 2.24. The first-order valence-corrected chi connectivity index (χ1v) is 5.18. The molecule has 0 aliphatic heterocycles. The van der Waals surface area contributed by atoms with E-state index in [0.717, 1.165) is 0 Å². The first-order valence-electron chi connectivity index (χ1n) is 5.18. The predicted molar refractivity (Wildman–Crippen MR) is 55.2 cm³/mol. The molecular weight excluding hydrogens is 144 g/mol. The molecule has 0 spiro atoms. The second-order valence-corrected chi connectivity index (χ2v) is 3.80. The van der Waals surface area contributed by atoms with Crippen molar-refractivity contribution in [3.05, 3.63) is 23.3 Å². The zero-order chi connectivity index (χ0) is 8.81. The van der Waals surface area contributed by atoms with E-state index < -0.39 is 0 Å². The molecule has 0 amide bonds. The number of hydrogen-bond donors (Lipinski definition) is 0. The maximum Gasteiger partial charge on any atom is -0.0280 e. The highest BCUT2D eigenvalue weighted by molar-refractivity contribution is 5.22. The van der Waals surface area contributed by atoms with Gasteiger partial charge in [0.1, 0.15) is 0 Å². The summed E-state index contributed by atoms with van der Waals surface area (Å²) in [4.78, 5) is 0. The Hall–Kier alpha value is -0.520. The molecule has 0 saturated carbocycles. The number of rotatable bonds is 4. The SMILES string of the molecule is CCCCCC1=CC=C(C)CC1. The Morgan fingerprint density at radius 3 is 2.58 bits per heavy atom. The van der Waals surface area contributed by atoms with Gasteiger partial charge in [-0.3, -0.25) is 0 Å². The summed E-state index contributed by atoms with van der Waals surface area (Å²) in [5.41, 5.74) is 3.20. The molecule has 0 aromatic carbocycles. The third-order valence-electron chi connectivity index (χ3n) is 2.55. The second-order valence-electron chi connectivity index (χ2n) is 3.80. The first kappa shape index (κ1) is 9.57. The predicted octanol–water partition coefficient (Wildman–Crippen LogP) is 4.23. The Labute approximate surface area is 76.4 Å². The average Bonchev–Trinajstić information content (AvgIpc) is 2.09. The summed E-state index contributed by atoms with van der Waals surface area (Å²) in [5, 5.41) is 0. The fourth-order valence-corrected chi connectivity index (χ4v) is 1.59. The normalized spacial score (nSPS) is 17.2. The van der Waals surface area contributed by atoms with Gasteiger partial charge in [-0.1, -0.05) is 43.1 Å². The van der Waals surface area contributed by atoms with Crippen LogP contribution in [0.15, 0.2) is 23.3 Å². The molecule has 12 heavy (non-hydrogen) atoms. The molecule has 0 heteroatoms. The molecule has 0 heterocycles. The van der Waals surface area contributed by atoms with E-state index in [1.807, 2.05) is 0 Å². The minimum absolute atomic E-state index is 1.29. The van der Waals surface area contributed by atoms with Gasteiger partial charge >= 0.3 is 0 Å². The third kappa shape index (κ3) is 3.25. The van der Waals surface area contributed by atoms with Gasteiger partial charge in [-0.15, -0.1) is 0 Å². The van der Waals surface area contributed by atoms with Gasteiger partial charge < -0.3 is 0 Å². The van der Waals surface area contributed by atoms with Crippen LogP contribution in [0, 0.1) is 0 Å². The molecule has 1 aliphatic carbocycles. The standard InChI is InChI=1S/C12H20/c1-3-4-5-6-12-9-7-11(2)8-10-12/h7,9H,3-6,8,10H2,1-2H3. The van der Waals surface area contributed by atoms with Crippen molar-refractivity contribution in [1.29, 1.82) is 0 Å². The van der Waals surface area contributed by atoms with E-state index in [9.17, 15) is 0 Å². The van der Waals surface area contributed by atoms with E-state index in [4.69, 9.17) is 0 Å². The summed E-state index contributed by atoms with van der Waals surface area (Å²) >= 11 is 0. The van der Waals surface area contributed by atoms with Crippen LogP contribution in [0.1, 0.15) is 52.4 Å². The van der Waals surface area contributed by atoms with E-state index in [-0.39, 0.29) is 0 Å². The Morgan fingerprint density at radius 2 is 2.00 bits per heavy atom. The quantitative estimate of drug-likeness (QED) is 0.545. The highest BCUT2D eigenvalue weighted by atomic mass is 14.1. The summed E-state index contributed by atoms with van der Waals surface area (Å²) < 4.78 is 0. The molecule has 1 aliphatic rings. The van der Waals surface area contributed by atoms with Gasteiger partial charge in [0.05, 0.1) is 0 Å². The Kier molecular flexibility index (Phi) is 4.13. The van der Waals surface area contributed by atoms with Crippen LogP contribution in [0.3, 0.4) is 0 Å². The number of hydrogen-bond acceptors (Lipinski definition) is 0. The zero-order valence-electron chi connectivity index (χ0n) is 8.40. The second kappa shape index (κ2) is 5.18. The molecule has 0 saturated heterocycles. The lowest BCUT2D eigenvalue weighted by atomic mass is 9.95. The van der Waals surface area contributed by atoms with Crippen molar-refractivity contribution in [2.45, 2.75) is 52.4 Å². The van der Waals surface area contributed by atoms with E-state index in [1.165, 1.54) is 44.1 Å². The fourth-order valence-electron chi connectivity index (χ4n) is 1.59. The van der Waals surface area contributed by atoms with Gasteiger partial charge in [-0.2, -0.15) is 0 Å². The number of allylic oxidation sites excluding steroid dienone is 4. The zero-order valence-corrected chi connectivity index (χ0v) is 8.40. The van der Waals surface area contributed by atoms with Crippen molar-refractivity contribution < 1.29 is 0 Å². The topological polar surface area (TPSA) is 0 Å². The molecule has 0 unspecified atom stereocenters. The van der Waals surface area contributed by atoms with Crippen molar-refractivity contribution in [3.8, 4) is 0 Å². The van der Waals surface area contributed by atoms with Crippen LogP contribution < -0.4 is 0 Å². The largest absolute Gasteiger partial charge is 0.0730 e. The minimum Gasteiger partial charge on any atom is -0.0730 e. The summed E-state index contributed by atoms with van der Waals surface area (Å²) in [5.74, 6) is 0. The van der Waals surface area contributed by atoms with E-state index in [2.05, 4.69) is 26.0 Å². The summed E-state index contributed by atoms with van der Waals surface area (Å²) in [6.45, 7) is 4.48. The molecule has 0 N–H and O–H groups in total. The molecule has 0 aromatic heterocycles. The van der Waals surface area contributed by atoms with Crippen LogP contribution in [0.4, 0.5) is 0 Å². The van der Waals surface area contributed by atoms with Crippen molar-refractivity contribution in [3.63, 3.8) is 0 Å². The third-order valence-corrected chi connectivity index (χ3v) is 2.55. The molecule has 0 fully saturated rings. The van der Waals surface area contributed by atoms with Crippen LogP contribution in [-0.4, -0.2) is 0 Å². The van der Waals surface area contributed by atoms with Gasteiger partial charge in [-0.25, -0.2) is 0 Å². The monoisotopic (exact) mass is 164 g/mol. The van der Waals surface area contributed by atoms with E-state index >= 15 is 0 Å². The molecule has 1 rings (SSSR count). The van der Waals surface area contributed by atoms with Gasteiger partial charge in [0.25, 0.3) is 0 Å².